The van der Waals surface area contributed by atoms with Gasteiger partial charge in [0.05, 0.1) is 5.56 Å². The molecule has 0 amide bonds. The van der Waals surface area contributed by atoms with Crippen LogP contribution in [-0.2, 0) is 0 Å². The van der Waals surface area contributed by atoms with Crippen LogP contribution in [-0.4, -0.2) is 24.4 Å². The molecular formula is C9H11O2P. The molecule has 0 spiro atoms. The van der Waals surface area contributed by atoms with Crippen molar-refractivity contribution in [1.82, 2.24) is 0 Å². The highest BCUT2D eigenvalue weighted by Crippen LogP contribution is 2.23. The second-order valence-electron chi connectivity index (χ2n) is 2.75. The van der Waals surface area contributed by atoms with Gasteiger partial charge < -0.3 is 5.11 Å². The lowest BCUT2D eigenvalue weighted by atomic mass is 10.2. The molecule has 0 aliphatic rings. The summed E-state index contributed by atoms with van der Waals surface area (Å²) in [6.45, 7) is 4.21. The number of carboxylic acid groups (broad SMARTS) is 1. The van der Waals surface area contributed by atoms with Gasteiger partial charge in [-0.2, -0.15) is 0 Å². The van der Waals surface area contributed by atoms with Crippen molar-refractivity contribution in [3.8, 4) is 0 Å². The van der Waals surface area contributed by atoms with Crippen molar-refractivity contribution in [2.45, 2.75) is 0 Å². The smallest absolute Gasteiger partial charge is 0.335 e. The standard InChI is InChI=1S/C9H11O2P/c1-12(2)8-5-3-4-7(6-8)9(10)11/h3-6H,1-2H3,(H,10,11). The van der Waals surface area contributed by atoms with Gasteiger partial charge in [-0.25, -0.2) is 4.79 Å². The van der Waals surface area contributed by atoms with Crippen LogP contribution in [0.4, 0.5) is 0 Å². The average molecular weight is 182 g/mol. The largest absolute Gasteiger partial charge is 0.478 e. The van der Waals surface area contributed by atoms with E-state index in [9.17, 15) is 4.79 Å². The Hall–Kier alpha value is -0.880. The molecule has 0 atom stereocenters. The third-order valence-corrected chi connectivity index (χ3v) is 2.92. The molecular weight excluding hydrogens is 171 g/mol. The first-order chi connectivity index (χ1) is 5.61. The third-order valence-electron chi connectivity index (χ3n) is 1.61. The Bertz CT molecular complexity index is 294. The summed E-state index contributed by atoms with van der Waals surface area (Å²) in [5.74, 6) is -0.853. The quantitative estimate of drug-likeness (QED) is 0.707. The first kappa shape index (κ1) is 9.21. The van der Waals surface area contributed by atoms with Gasteiger partial charge in [0.2, 0.25) is 0 Å². The van der Waals surface area contributed by atoms with Crippen LogP contribution in [0.25, 0.3) is 0 Å². The molecule has 0 aliphatic carbocycles. The zero-order valence-electron chi connectivity index (χ0n) is 7.11. The summed E-state index contributed by atoms with van der Waals surface area (Å²) in [4.78, 5) is 10.6. The number of aromatic carboxylic acids is 1. The summed E-state index contributed by atoms with van der Waals surface area (Å²) in [5, 5.41) is 9.83. The maximum absolute atomic E-state index is 10.6. The lowest BCUT2D eigenvalue weighted by molar-refractivity contribution is 0.0697. The fourth-order valence-electron chi connectivity index (χ4n) is 0.917. The van der Waals surface area contributed by atoms with Crippen molar-refractivity contribution < 1.29 is 9.90 Å². The summed E-state index contributed by atoms with van der Waals surface area (Å²) >= 11 is 0. The zero-order chi connectivity index (χ0) is 9.14. The molecule has 0 aromatic heterocycles. The molecule has 1 aromatic carbocycles. The maximum Gasteiger partial charge on any atom is 0.335 e. The normalized spacial score (nSPS) is 10.2. The van der Waals surface area contributed by atoms with Crippen molar-refractivity contribution in [2.24, 2.45) is 0 Å². The molecule has 0 saturated heterocycles. The Morgan fingerprint density at radius 1 is 1.42 bits per heavy atom. The summed E-state index contributed by atoms with van der Waals surface area (Å²) < 4.78 is 0. The van der Waals surface area contributed by atoms with E-state index in [0.29, 0.717) is 5.56 Å². The molecule has 0 radical (unpaired) electrons. The van der Waals surface area contributed by atoms with Gasteiger partial charge >= 0.3 is 5.97 Å². The van der Waals surface area contributed by atoms with Crippen LogP contribution in [0.5, 0.6) is 0 Å². The van der Waals surface area contributed by atoms with Gasteiger partial charge in [-0.3, -0.25) is 0 Å². The van der Waals surface area contributed by atoms with Crippen LogP contribution in [0, 0.1) is 0 Å². The van der Waals surface area contributed by atoms with E-state index < -0.39 is 5.97 Å². The first-order valence-electron chi connectivity index (χ1n) is 3.62. The molecule has 0 saturated carbocycles. The highest BCUT2D eigenvalue weighted by atomic mass is 31.1. The van der Waals surface area contributed by atoms with Gasteiger partial charge in [-0.1, -0.05) is 20.1 Å². The average Bonchev–Trinajstić information content (AvgIpc) is 2.04. The number of benzene rings is 1. The van der Waals surface area contributed by atoms with Crippen LogP contribution in [0.15, 0.2) is 24.3 Å². The van der Waals surface area contributed by atoms with Gasteiger partial charge in [-0.05, 0) is 30.8 Å². The van der Waals surface area contributed by atoms with Crippen molar-refractivity contribution in [3.63, 3.8) is 0 Å². The highest BCUT2D eigenvalue weighted by Gasteiger charge is 2.04. The predicted molar refractivity (Wildman–Crippen MR) is 51.8 cm³/mol. The number of rotatable bonds is 2. The Kier molecular flexibility index (Phi) is 2.83. The van der Waals surface area contributed by atoms with Gasteiger partial charge in [-0.15, -0.1) is 0 Å². The highest BCUT2D eigenvalue weighted by molar-refractivity contribution is 7.64. The van der Waals surface area contributed by atoms with Gasteiger partial charge in [0, 0.05) is 0 Å². The molecule has 0 heterocycles. The van der Waals surface area contributed by atoms with Crippen molar-refractivity contribution in [3.05, 3.63) is 29.8 Å². The van der Waals surface area contributed by atoms with Gasteiger partial charge in [0.1, 0.15) is 0 Å². The molecule has 12 heavy (non-hydrogen) atoms. The minimum atomic E-state index is -0.853. The Balaban J connectivity index is 3.04. The van der Waals surface area contributed by atoms with Crippen LogP contribution in [0.2, 0.25) is 0 Å². The van der Waals surface area contributed by atoms with Crippen molar-refractivity contribution in [1.29, 1.82) is 0 Å². The number of carbonyl (C=O) groups is 1. The third kappa shape index (κ3) is 2.05. The first-order valence-corrected chi connectivity index (χ1v) is 5.85. The van der Waals surface area contributed by atoms with E-state index in [1.807, 2.05) is 6.07 Å². The summed E-state index contributed by atoms with van der Waals surface area (Å²) in [6.07, 6.45) is 0. The van der Waals surface area contributed by atoms with Crippen LogP contribution in [0.3, 0.4) is 0 Å². The number of hydrogen-bond donors (Lipinski definition) is 1. The van der Waals surface area contributed by atoms with Gasteiger partial charge in [0.25, 0.3) is 0 Å². The lowest BCUT2D eigenvalue weighted by Crippen LogP contribution is -2.04. The summed E-state index contributed by atoms with van der Waals surface area (Å²) in [5.41, 5.74) is 0.378. The van der Waals surface area contributed by atoms with Crippen LogP contribution in [0.1, 0.15) is 10.4 Å². The fraction of sp³-hybridized carbons (Fsp3) is 0.222. The second kappa shape index (κ2) is 3.68. The molecule has 3 heteroatoms. The van der Waals surface area contributed by atoms with Crippen LogP contribution >= 0.6 is 7.92 Å². The van der Waals surface area contributed by atoms with E-state index in [1.54, 1.807) is 18.2 Å². The molecule has 0 bridgehead atoms. The second-order valence-corrected chi connectivity index (χ2v) is 5.06. The van der Waals surface area contributed by atoms with E-state index in [1.165, 1.54) is 0 Å². The minimum absolute atomic E-state index is 0.200. The van der Waals surface area contributed by atoms with E-state index >= 15 is 0 Å². The van der Waals surface area contributed by atoms with Crippen molar-refractivity contribution >= 4 is 19.2 Å². The summed E-state index contributed by atoms with van der Waals surface area (Å²) in [6, 6.07) is 7.12. The summed E-state index contributed by atoms with van der Waals surface area (Å²) in [7, 11) is -0.200. The Labute approximate surface area is 73.0 Å². The van der Waals surface area contributed by atoms with E-state index in [4.69, 9.17) is 5.11 Å². The molecule has 2 nitrogen and oxygen atoms in total. The molecule has 1 rings (SSSR count). The Morgan fingerprint density at radius 2 is 2.08 bits per heavy atom. The molecule has 1 N–H and O–H groups in total. The lowest BCUT2D eigenvalue weighted by Gasteiger charge is -2.05. The number of hydrogen-bond acceptors (Lipinski definition) is 1. The number of carboxylic acids is 1. The monoisotopic (exact) mass is 182 g/mol. The topological polar surface area (TPSA) is 37.3 Å². The minimum Gasteiger partial charge on any atom is -0.478 e. The zero-order valence-corrected chi connectivity index (χ0v) is 8.01. The molecule has 0 aliphatic heterocycles. The molecule has 0 fully saturated rings. The van der Waals surface area contributed by atoms with Crippen molar-refractivity contribution in [2.75, 3.05) is 13.3 Å². The van der Waals surface area contributed by atoms with Crippen LogP contribution < -0.4 is 5.30 Å². The predicted octanol–water partition coefficient (Wildman–Crippen LogP) is 1.75. The van der Waals surface area contributed by atoms with E-state index in [2.05, 4.69) is 13.3 Å². The maximum atomic E-state index is 10.6. The molecule has 1 aromatic rings. The molecule has 0 unspecified atom stereocenters. The van der Waals surface area contributed by atoms with Gasteiger partial charge in [0.15, 0.2) is 0 Å². The molecule has 64 valence electrons. The van der Waals surface area contributed by atoms with E-state index in [-0.39, 0.29) is 7.92 Å². The van der Waals surface area contributed by atoms with E-state index in [0.717, 1.165) is 5.30 Å². The fourth-order valence-corrected chi connectivity index (χ4v) is 1.70. The Morgan fingerprint density at radius 3 is 2.58 bits per heavy atom. The SMILES string of the molecule is CP(C)c1cccc(C(=O)O)c1.